The molecule has 1 aromatic carbocycles. The van der Waals surface area contributed by atoms with Crippen LogP contribution >= 0.6 is 15.9 Å². The van der Waals surface area contributed by atoms with E-state index < -0.39 is 0 Å². The molecule has 1 aliphatic carbocycles. The summed E-state index contributed by atoms with van der Waals surface area (Å²) < 4.78 is 5.87. The minimum atomic E-state index is -0.288. The number of carbonyl (C=O) groups excluding carboxylic acids is 1. The first kappa shape index (κ1) is 12.4. The molecule has 0 heterocycles. The van der Waals surface area contributed by atoms with Gasteiger partial charge in [0.2, 0.25) is 0 Å². The third kappa shape index (κ3) is 2.63. The minimum Gasteiger partial charge on any atom is -0.469 e. The quantitative estimate of drug-likeness (QED) is 0.868. The molecule has 0 spiro atoms. The Morgan fingerprint density at radius 2 is 2.24 bits per heavy atom. The fraction of sp³-hybridized carbons (Fsp3) is 0.462. The van der Waals surface area contributed by atoms with Gasteiger partial charge in [0.05, 0.1) is 12.5 Å². The fourth-order valence-electron chi connectivity index (χ4n) is 1.87. The van der Waals surface area contributed by atoms with Crippen molar-refractivity contribution >= 4 is 27.6 Å². The topological polar surface area (TPSA) is 38.3 Å². The summed E-state index contributed by atoms with van der Waals surface area (Å²) in [5.41, 5.74) is 1.95. The summed E-state index contributed by atoms with van der Waals surface area (Å²) in [5.74, 6) is -0.0994. The van der Waals surface area contributed by atoms with E-state index in [0.29, 0.717) is 6.54 Å². The predicted molar refractivity (Wildman–Crippen MR) is 71.1 cm³/mol. The van der Waals surface area contributed by atoms with E-state index >= 15 is 0 Å². The van der Waals surface area contributed by atoms with Crippen molar-refractivity contribution in [1.82, 2.24) is 0 Å². The van der Waals surface area contributed by atoms with Crippen LogP contribution in [-0.4, -0.2) is 19.6 Å². The normalized spacial score (nSPS) is 16.4. The van der Waals surface area contributed by atoms with Gasteiger partial charge in [0.1, 0.15) is 0 Å². The Labute approximate surface area is 110 Å². The zero-order valence-corrected chi connectivity index (χ0v) is 11.6. The van der Waals surface area contributed by atoms with Crippen LogP contribution in [0.3, 0.4) is 0 Å². The number of aryl methyl sites for hydroxylation is 1. The number of nitrogens with one attached hydrogen (secondary N) is 1. The Balaban J connectivity index is 2.03. The average molecular weight is 298 g/mol. The maximum absolute atomic E-state index is 11.6. The van der Waals surface area contributed by atoms with E-state index in [1.165, 1.54) is 12.7 Å². The zero-order chi connectivity index (χ0) is 12.5. The van der Waals surface area contributed by atoms with Crippen molar-refractivity contribution in [3.8, 4) is 0 Å². The van der Waals surface area contributed by atoms with E-state index in [2.05, 4.69) is 21.2 Å². The molecule has 3 nitrogen and oxygen atoms in total. The second kappa shape index (κ2) is 4.69. The average Bonchev–Trinajstić information content (AvgIpc) is 3.10. The van der Waals surface area contributed by atoms with Crippen LogP contribution in [0, 0.1) is 12.3 Å². The van der Waals surface area contributed by atoms with Crippen molar-refractivity contribution in [3.05, 3.63) is 28.2 Å². The summed E-state index contributed by atoms with van der Waals surface area (Å²) in [7, 11) is 1.45. The molecule has 0 amide bonds. The van der Waals surface area contributed by atoms with Gasteiger partial charge in [-0.3, -0.25) is 4.79 Å². The Bertz CT molecular complexity index is 441. The molecule has 0 bridgehead atoms. The monoisotopic (exact) mass is 297 g/mol. The third-order valence-electron chi connectivity index (χ3n) is 3.29. The number of anilines is 1. The van der Waals surface area contributed by atoms with Gasteiger partial charge < -0.3 is 10.1 Å². The summed E-state index contributed by atoms with van der Waals surface area (Å²) in [4.78, 5) is 11.6. The molecule has 1 aromatic rings. The lowest BCUT2D eigenvalue weighted by Crippen LogP contribution is -2.26. The number of halogens is 1. The van der Waals surface area contributed by atoms with Gasteiger partial charge in [0.15, 0.2) is 0 Å². The van der Waals surface area contributed by atoms with Crippen molar-refractivity contribution in [2.24, 2.45) is 5.41 Å². The summed E-state index contributed by atoms with van der Waals surface area (Å²) in [6, 6.07) is 6.08. The van der Waals surface area contributed by atoms with E-state index in [1.807, 2.05) is 25.1 Å². The molecule has 0 unspecified atom stereocenters. The fourth-order valence-corrected chi connectivity index (χ4v) is 2.23. The molecule has 1 aliphatic rings. The Kier molecular flexibility index (Phi) is 3.43. The first-order valence-corrected chi connectivity index (χ1v) is 6.45. The van der Waals surface area contributed by atoms with Gasteiger partial charge in [0, 0.05) is 16.7 Å². The van der Waals surface area contributed by atoms with Crippen molar-refractivity contribution in [1.29, 1.82) is 0 Å². The standard InChI is InChI=1S/C13H16BrNO2/c1-9-3-4-10(14)7-11(9)15-8-13(5-6-13)12(16)17-2/h3-4,7,15H,5-6,8H2,1-2H3. The lowest BCUT2D eigenvalue weighted by atomic mass is 10.1. The SMILES string of the molecule is COC(=O)C1(CNc2cc(Br)ccc2C)CC1. The van der Waals surface area contributed by atoms with Gasteiger partial charge in [-0.2, -0.15) is 0 Å². The molecular formula is C13H16BrNO2. The molecule has 0 atom stereocenters. The van der Waals surface area contributed by atoms with Crippen molar-refractivity contribution in [2.45, 2.75) is 19.8 Å². The van der Waals surface area contributed by atoms with E-state index in [1.54, 1.807) is 0 Å². The molecular weight excluding hydrogens is 282 g/mol. The maximum Gasteiger partial charge on any atom is 0.313 e. The summed E-state index contributed by atoms with van der Waals surface area (Å²) in [6.45, 7) is 2.70. The zero-order valence-electron chi connectivity index (χ0n) is 10.0. The molecule has 92 valence electrons. The molecule has 0 radical (unpaired) electrons. The van der Waals surface area contributed by atoms with Crippen LogP contribution in [0.2, 0.25) is 0 Å². The van der Waals surface area contributed by atoms with Crippen LogP contribution in [0.4, 0.5) is 5.69 Å². The predicted octanol–water partition coefficient (Wildman–Crippen LogP) is 3.12. The number of hydrogen-bond donors (Lipinski definition) is 1. The molecule has 1 fully saturated rings. The smallest absolute Gasteiger partial charge is 0.313 e. The van der Waals surface area contributed by atoms with Gasteiger partial charge >= 0.3 is 5.97 Å². The molecule has 0 aliphatic heterocycles. The molecule has 0 saturated heterocycles. The highest BCUT2D eigenvalue weighted by Gasteiger charge is 2.50. The van der Waals surface area contributed by atoms with Gasteiger partial charge in [0.25, 0.3) is 0 Å². The lowest BCUT2D eigenvalue weighted by Gasteiger charge is -2.16. The molecule has 1 N–H and O–H groups in total. The maximum atomic E-state index is 11.6. The van der Waals surface area contributed by atoms with Gasteiger partial charge in [-0.15, -0.1) is 0 Å². The first-order chi connectivity index (χ1) is 8.07. The van der Waals surface area contributed by atoms with Crippen LogP contribution in [-0.2, 0) is 9.53 Å². The number of hydrogen-bond acceptors (Lipinski definition) is 3. The van der Waals surface area contributed by atoms with E-state index in [9.17, 15) is 4.79 Å². The molecule has 2 rings (SSSR count). The van der Waals surface area contributed by atoms with Gasteiger partial charge in [-0.25, -0.2) is 0 Å². The Morgan fingerprint density at radius 1 is 1.53 bits per heavy atom. The highest BCUT2D eigenvalue weighted by molar-refractivity contribution is 9.10. The highest BCUT2D eigenvalue weighted by Crippen LogP contribution is 2.46. The molecule has 4 heteroatoms. The molecule has 17 heavy (non-hydrogen) atoms. The van der Waals surface area contributed by atoms with E-state index in [-0.39, 0.29) is 11.4 Å². The minimum absolute atomic E-state index is 0.0994. The number of rotatable bonds is 4. The summed E-state index contributed by atoms with van der Waals surface area (Å²) in [6.07, 6.45) is 1.83. The Morgan fingerprint density at radius 3 is 2.82 bits per heavy atom. The molecule has 1 saturated carbocycles. The summed E-state index contributed by atoms with van der Waals surface area (Å²) in [5, 5.41) is 3.34. The van der Waals surface area contributed by atoms with E-state index in [4.69, 9.17) is 4.74 Å². The Hall–Kier alpha value is -1.03. The van der Waals surface area contributed by atoms with Crippen molar-refractivity contribution in [3.63, 3.8) is 0 Å². The van der Waals surface area contributed by atoms with E-state index in [0.717, 1.165) is 23.0 Å². The number of esters is 1. The van der Waals surface area contributed by atoms with Crippen molar-refractivity contribution in [2.75, 3.05) is 19.0 Å². The third-order valence-corrected chi connectivity index (χ3v) is 3.78. The highest BCUT2D eigenvalue weighted by atomic mass is 79.9. The largest absolute Gasteiger partial charge is 0.469 e. The van der Waals surface area contributed by atoms with Gasteiger partial charge in [-0.05, 0) is 37.5 Å². The van der Waals surface area contributed by atoms with Crippen LogP contribution in [0.25, 0.3) is 0 Å². The number of carbonyl (C=O) groups is 1. The number of benzene rings is 1. The van der Waals surface area contributed by atoms with Gasteiger partial charge in [-0.1, -0.05) is 22.0 Å². The first-order valence-electron chi connectivity index (χ1n) is 5.66. The van der Waals surface area contributed by atoms with Crippen LogP contribution < -0.4 is 5.32 Å². The second-order valence-corrected chi connectivity index (χ2v) is 5.50. The molecule has 0 aromatic heterocycles. The van der Waals surface area contributed by atoms with Crippen LogP contribution in [0.5, 0.6) is 0 Å². The van der Waals surface area contributed by atoms with Crippen molar-refractivity contribution < 1.29 is 9.53 Å². The summed E-state index contributed by atoms with van der Waals surface area (Å²) >= 11 is 3.44. The van der Waals surface area contributed by atoms with Crippen LogP contribution in [0.1, 0.15) is 18.4 Å². The number of ether oxygens (including phenoxy) is 1. The lowest BCUT2D eigenvalue weighted by molar-refractivity contribution is -0.146. The van der Waals surface area contributed by atoms with Crippen LogP contribution in [0.15, 0.2) is 22.7 Å². The second-order valence-electron chi connectivity index (χ2n) is 4.58. The number of methoxy groups -OCH3 is 1.